The molecule has 0 spiro atoms. The Morgan fingerprint density at radius 3 is 2.59 bits per heavy atom. The quantitative estimate of drug-likeness (QED) is 0.746. The number of amides is 2. The van der Waals surface area contributed by atoms with Gasteiger partial charge in [-0.2, -0.15) is 0 Å². The number of hydrogen-bond acceptors (Lipinski definition) is 2. The van der Waals surface area contributed by atoms with Crippen molar-refractivity contribution in [2.45, 2.75) is 0 Å². The van der Waals surface area contributed by atoms with Gasteiger partial charge >= 0.3 is 6.03 Å². The molecule has 0 atom stereocenters. The number of carbonyl (C=O) groups is 1. The van der Waals surface area contributed by atoms with Crippen molar-refractivity contribution in [3.63, 3.8) is 0 Å². The van der Waals surface area contributed by atoms with Crippen molar-refractivity contribution in [2.75, 3.05) is 10.6 Å². The number of nitrogens with zero attached hydrogens (tertiary/aromatic N) is 1. The molecular formula is C16H11F2N3O. The summed E-state index contributed by atoms with van der Waals surface area (Å²) in [6, 6.07) is 11.6. The Morgan fingerprint density at radius 1 is 0.955 bits per heavy atom. The second-order valence-electron chi connectivity index (χ2n) is 4.59. The minimum Gasteiger partial charge on any atom is -0.308 e. The van der Waals surface area contributed by atoms with Gasteiger partial charge in [0.2, 0.25) is 0 Å². The van der Waals surface area contributed by atoms with Gasteiger partial charge in [0.05, 0.1) is 11.2 Å². The molecule has 3 aromatic rings. The summed E-state index contributed by atoms with van der Waals surface area (Å²) in [7, 11) is 0. The molecule has 0 bridgehead atoms. The van der Waals surface area contributed by atoms with Gasteiger partial charge < -0.3 is 10.6 Å². The van der Waals surface area contributed by atoms with Crippen molar-refractivity contribution in [3.05, 3.63) is 66.4 Å². The topological polar surface area (TPSA) is 54.0 Å². The van der Waals surface area contributed by atoms with Crippen LogP contribution in [0.4, 0.5) is 25.0 Å². The Labute approximate surface area is 124 Å². The van der Waals surface area contributed by atoms with Crippen LogP contribution in [0.5, 0.6) is 0 Å². The maximum atomic E-state index is 13.1. The Morgan fingerprint density at radius 2 is 1.77 bits per heavy atom. The monoisotopic (exact) mass is 299 g/mol. The third-order valence-corrected chi connectivity index (χ3v) is 3.06. The molecule has 0 aliphatic carbocycles. The van der Waals surface area contributed by atoms with E-state index in [1.165, 1.54) is 6.07 Å². The molecule has 0 saturated heterocycles. The van der Waals surface area contributed by atoms with E-state index in [2.05, 4.69) is 15.6 Å². The first kappa shape index (κ1) is 13.9. The smallest absolute Gasteiger partial charge is 0.308 e. The fraction of sp³-hybridized carbons (Fsp3) is 0. The van der Waals surface area contributed by atoms with Crippen LogP contribution in [-0.4, -0.2) is 11.0 Å². The number of carbonyl (C=O) groups excluding carboxylic acids is 1. The first-order valence-electron chi connectivity index (χ1n) is 6.50. The zero-order valence-corrected chi connectivity index (χ0v) is 11.3. The molecule has 2 N–H and O–H groups in total. The highest BCUT2D eigenvalue weighted by molar-refractivity contribution is 6.04. The molecule has 22 heavy (non-hydrogen) atoms. The van der Waals surface area contributed by atoms with Crippen LogP contribution >= 0.6 is 0 Å². The normalized spacial score (nSPS) is 10.5. The molecule has 2 aromatic carbocycles. The highest BCUT2D eigenvalue weighted by Crippen LogP contribution is 2.21. The van der Waals surface area contributed by atoms with E-state index in [1.54, 1.807) is 24.4 Å². The van der Waals surface area contributed by atoms with Crippen molar-refractivity contribution >= 4 is 28.3 Å². The minimum atomic E-state index is -1.02. The summed E-state index contributed by atoms with van der Waals surface area (Å²) in [5.41, 5.74) is 1.33. The number of fused-ring (bicyclic) bond motifs is 1. The molecule has 2 amide bonds. The fourth-order valence-corrected chi connectivity index (χ4v) is 2.06. The lowest BCUT2D eigenvalue weighted by Gasteiger charge is -2.09. The minimum absolute atomic E-state index is 0.157. The Hall–Kier alpha value is -3.02. The number of urea groups is 1. The van der Waals surface area contributed by atoms with Crippen molar-refractivity contribution in [1.29, 1.82) is 0 Å². The summed E-state index contributed by atoms with van der Waals surface area (Å²) in [5.74, 6) is -1.99. The summed E-state index contributed by atoms with van der Waals surface area (Å²) in [6.07, 6.45) is 1.63. The number of halogens is 2. The third-order valence-electron chi connectivity index (χ3n) is 3.06. The largest absolute Gasteiger partial charge is 0.323 e. The number of pyridine rings is 1. The van der Waals surface area contributed by atoms with Gasteiger partial charge in [-0.05, 0) is 24.3 Å². The first-order chi connectivity index (χ1) is 10.6. The molecule has 0 saturated carbocycles. The number of para-hydroxylation sites is 1. The molecule has 0 fully saturated rings. The van der Waals surface area contributed by atoms with Crippen LogP contribution in [0, 0.1) is 11.6 Å². The maximum absolute atomic E-state index is 13.1. The third kappa shape index (κ3) is 2.85. The molecule has 110 valence electrons. The highest BCUT2D eigenvalue weighted by Gasteiger charge is 2.08. The Kier molecular flexibility index (Phi) is 3.65. The number of anilines is 2. The lowest BCUT2D eigenvalue weighted by atomic mass is 10.2. The van der Waals surface area contributed by atoms with E-state index in [0.29, 0.717) is 11.2 Å². The van der Waals surface area contributed by atoms with Crippen molar-refractivity contribution in [1.82, 2.24) is 4.98 Å². The molecule has 4 nitrogen and oxygen atoms in total. The fourth-order valence-electron chi connectivity index (χ4n) is 2.06. The summed E-state index contributed by atoms with van der Waals surface area (Å²) in [4.78, 5) is 16.2. The van der Waals surface area contributed by atoms with Gasteiger partial charge in [-0.15, -0.1) is 0 Å². The summed E-state index contributed by atoms with van der Waals surface area (Å²) in [6.45, 7) is 0. The molecule has 0 aliphatic heterocycles. The Bertz CT molecular complexity index is 846. The number of rotatable bonds is 2. The van der Waals surface area contributed by atoms with Crippen LogP contribution < -0.4 is 10.6 Å². The van der Waals surface area contributed by atoms with E-state index >= 15 is 0 Å². The zero-order valence-electron chi connectivity index (χ0n) is 11.3. The van der Waals surface area contributed by atoms with Gasteiger partial charge in [0, 0.05) is 23.3 Å². The highest BCUT2D eigenvalue weighted by atomic mass is 19.2. The van der Waals surface area contributed by atoms with Crippen LogP contribution in [0.1, 0.15) is 0 Å². The van der Waals surface area contributed by atoms with Gasteiger partial charge in [0.1, 0.15) is 0 Å². The predicted molar refractivity (Wildman–Crippen MR) is 80.7 cm³/mol. The number of nitrogens with one attached hydrogen (secondary N) is 2. The lowest BCUT2D eigenvalue weighted by molar-refractivity contribution is 0.262. The second kappa shape index (κ2) is 5.77. The van der Waals surface area contributed by atoms with Crippen LogP contribution in [0.25, 0.3) is 10.9 Å². The summed E-state index contributed by atoms with van der Waals surface area (Å²) >= 11 is 0. The van der Waals surface area contributed by atoms with Gasteiger partial charge in [0.15, 0.2) is 11.6 Å². The van der Waals surface area contributed by atoms with Crippen LogP contribution in [0.2, 0.25) is 0 Å². The van der Waals surface area contributed by atoms with E-state index in [0.717, 1.165) is 17.5 Å². The standard InChI is InChI=1S/C16H11F2N3O/c17-12-7-6-11(9-13(12)18)20-16(22)21-14-5-1-3-10-4-2-8-19-15(10)14/h1-9H,(H2,20,21,22). The van der Waals surface area contributed by atoms with Crippen LogP contribution in [0.15, 0.2) is 54.7 Å². The van der Waals surface area contributed by atoms with Crippen molar-refractivity contribution < 1.29 is 13.6 Å². The summed E-state index contributed by atoms with van der Waals surface area (Å²) < 4.78 is 26.0. The van der Waals surface area contributed by atoms with Crippen LogP contribution in [-0.2, 0) is 0 Å². The molecule has 1 aromatic heterocycles. The molecule has 3 rings (SSSR count). The van der Waals surface area contributed by atoms with E-state index in [9.17, 15) is 13.6 Å². The molecule has 0 unspecified atom stereocenters. The average molecular weight is 299 g/mol. The van der Waals surface area contributed by atoms with Crippen molar-refractivity contribution in [3.8, 4) is 0 Å². The second-order valence-corrected chi connectivity index (χ2v) is 4.59. The number of benzene rings is 2. The lowest BCUT2D eigenvalue weighted by Crippen LogP contribution is -2.19. The molecule has 0 aliphatic rings. The van der Waals surface area contributed by atoms with E-state index < -0.39 is 17.7 Å². The van der Waals surface area contributed by atoms with Gasteiger partial charge in [0.25, 0.3) is 0 Å². The predicted octanol–water partition coefficient (Wildman–Crippen LogP) is 4.16. The molecule has 1 heterocycles. The zero-order chi connectivity index (χ0) is 15.5. The van der Waals surface area contributed by atoms with Crippen LogP contribution in [0.3, 0.4) is 0 Å². The van der Waals surface area contributed by atoms with E-state index in [4.69, 9.17) is 0 Å². The van der Waals surface area contributed by atoms with E-state index in [-0.39, 0.29) is 5.69 Å². The molecular weight excluding hydrogens is 288 g/mol. The Balaban J connectivity index is 1.80. The van der Waals surface area contributed by atoms with Gasteiger partial charge in [-0.1, -0.05) is 18.2 Å². The molecule has 0 radical (unpaired) electrons. The first-order valence-corrected chi connectivity index (χ1v) is 6.50. The summed E-state index contributed by atoms with van der Waals surface area (Å²) in [5, 5.41) is 5.96. The van der Waals surface area contributed by atoms with Crippen molar-refractivity contribution in [2.24, 2.45) is 0 Å². The number of hydrogen-bond donors (Lipinski definition) is 2. The van der Waals surface area contributed by atoms with Gasteiger partial charge in [-0.25, -0.2) is 13.6 Å². The average Bonchev–Trinajstić information content (AvgIpc) is 2.51. The van der Waals surface area contributed by atoms with E-state index in [1.807, 2.05) is 12.1 Å². The van der Waals surface area contributed by atoms with Gasteiger partial charge in [-0.3, -0.25) is 4.98 Å². The maximum Gasteiger partial charge on any atom is 0.323 e. The SMILES string of the molecule is O=C(Nc1ccc(F)c(F)c1)Nc1cccc2cccnc12. The number of aromatic nitrogens is 1. The molecule has 6 heteroatoms.